The molecule has 0 atom stereocenters. The first kappa shape index (κ1) is 20.6. The Labute approximate surface area is 159 Å². The van der Waals surface area contributed by atoms with Gasteiger partial charge in [-0.1, -0.05) is 29.8 Å². The second-order valence-corrected chi connectivity index (χ2v) is 7.89. The summed E-state index contributed by atoms with van der Waals surface area (Å²) >= 11 is 0. The number of amides is 2. The van der Waals surface area contributed by atoms with Crippen molar-refractivity contribution in [3.63, 3.8) is 0 Å². The van der Waals surface area contributed by atoms with E-state index in [0.29, 0.717) is 18.7 Å². The third-order valence-corrected chi connectivity index (χ3v) is 4.89. The molecule has 0 fully saturated rings. The molecule has 0 aromatic heterocycles. The molecule has 2 rings (SSSR count). The molecule has 144 valence electrons. The van der Waals surface area contributed by atoms with Crippen molar-refractivity contribution in [2.45, 2.75) is 31.6 Å². The van der Waals surface area contributed by atoms with Crippen LogP contribution in [0, 0.1) is 13.8 Å². The van der Waals surface area contributed by atoms with Crippen molar-refractivity contribution in [2.24, 2.45) is 5.14 Å². The number of benzene rings is 2. The molecule has 2 aromatic carbocycles. The summed E-state index contributed by atoms with van der Waals surface area (Å²) in [5, 5.41) is 10.4. The summed E-state index contributed by atoms with van der Waals surface area (Å²) in [5.41, 5.74) is 3.57. The van der Waals surface area contributed by atoms with E-state index in [1.54, 1.807) is 12.1 Å². The van der Waals surface area contributed by atoms with Gasteiger partial charge in [0.1, 0.15) is 6.42 Å². The molecule has 0 spiro atoms. The molecule has 0 aliphatic heterocycles. The van der Waals surface area contributed by atoms with Gasteiger partial charge in [0.05, 0.1) is 4.90 Å². The molecular weight excluding hydrogens is 366 g/mol. The zero-order valence-corrected chi connectivity index (χ0v) is 16.1. The summed E-state index contributed by atoms with van der Waals surface area (Å²) in [4.78, 5) is 23.9. The molecule has 7 nitrogen and oxygen atoms in total. The van der Waals surface area contributed by atoms with Crippen LogP contribution in [0.3, 0.4) is 0 Å². The Morgan fingerprint density at radius 3 is 2.26 bits per heavy atom. The lowest BCUT2D eigenvalue weighted by Crippen LogP contribution is -2.29. The van der Waals surface area contributed by atoms with Gasteiger partial charge in [0.2, 0.25) is 21.8 Å². The van der Waals surface area contributed by atoms with E-state index < -0.39 is 10.0 Å². The van der Waals surface area contributed by atoms with Gasteiger partial charge in [-0.15, -0.1) is 0 Å². The largest absolute Gasteiger partial charge is 0.355 e. The molecule has 2 amide bonds. The summed E-state index contributed by atoms with van der Waals surface area (Å²) in [6.45, 7) is 4.20. The van der Waals surface area contributed by atoms with Gasteiger partial charge in [0, 0.05) is 12.2 Å². The monoisotopic (exact) mass is 389 g/mol. The molecule has 2 aromatic rings. The first-order chi connectivity index (χ1) is 12.6. The standard InChI is InChI=1S/C19H23N3O4S/c1-13-3-8-17(14(2)11-13)22-19(24)12-18(23)21-10-9-15-4-6-16(7-5-15)27(20,25)26/h3-8,11H,9-10,12H2,1-2H3,(H,21,23)(H,22,24)(H2,20,25,26). The molecule has 0 aliphatic carbocycles. The second kappa shape index (κ2) is 8.79. The van der Waals surface area contributed by atoms with Crippen molar-refractivity contribution < 1.29 is 18.0 Å². The maximum Gasteiger partial charge on any atom is 0.238 e. The summed E-state index contributed by atoms with van der Waals surface area (Å²) in [6, 6.07) is 11.8. The van der Waals surface area contributed by atoms with Gasteiger partial charge in [-0.05, 0) is 49.6 Å². The quantitative estimate of drug-likeness (QED) is 0.624. The van der Waals surface area contributed by atoms with E-state index in [-0.39, 0.29) is 23.1 Å². The third kappa shape index (κ3) is 6.50. The summed E-state index contributed by atoms with van der Waals surface area (Å²) in [7, 11) is -3.71. The zero-order valence-electron chi connectivity index (χ0n) is 15.3. The highest BCUT2D eigenvalue weighted by molar-refractivity contribution is 7.89. The van der Waals surface area contributed by atoms with Crippen LogP contribution < -0.4 is 15.8 Å². The lowest BCUT2D eigenvalue weighted by atomic mass is 10.1. The van der Waals surface area contributed by atoms with Crippen molar-refractivity contribution in [3.8, 4) is 0 Å². The van der Waals surface area contributed by atoms with Gasteiger partial charge >= 0.3 is 0 Å². The van der Waals surface area contributed by atoms with Gasteiger partial charge in [-0.25, -0.2) is 13.6 Å². The normalized spacial score (nSPS) is 11.1. The lowest BCUT2D eigenvalue weighted by molar-refractivity contribution is -0.126. The number of hydrogen-bond donors (Lipinski definition) is 3. The van der Waals surface area contributed by atoms with Crippen molar-refractivity contribution >= 4 is 27.5 Å². The van der Waals surface area contributed by atoms with Crippen molar-refractivity contribution in [3.05, 3.63) is 59.2 Å². The minimum atomic E-state index is -3.71. The number of hydrogen-bond acceptors (Lipinski definition) is 4. The van der Waals surface area contributed by atoms with Crippen LogP contribution in [0.5, 0.6) is 0 Å². The van der Waals surface area contributed by atoms with E-state index in [4.69, 9.17) is 5.14 Å². The number of sulfonamides is 1. The number of nitrogens with two attached hydrogens (primary N) is 1. The van der Waals surface area contributed by atoms with Crippen LogP contribution in [0.2, 0.25) is 0 Å². The third-order valence-electron chi connectivity index (χ3n) is 3.96. The minimum absolute atomic E-state index is 0.0401. The van der Waals surface area contributed by atoms with Crippen LogP contribution in [0.4, 0.5) is 5.69 Å². The number of carbonyl (C=O) groups is 2. The summed E-state index contributed by atoms with van der Waals surface area (Å²) in [5.74, 6) is -0.754. The molecule has 0 heterocycles. The molecule has 4 N–H and O–H groups in total. The van der Waals surface area contributed by atoms with Crippen molar-refractivity contribution in [1.82, 2.24) is 5.32 Å². The highest BCUT2D eigenvalue weighted by Crippen LogP contribution is 2.16. The van der Waals surface area contributed by atoms with E-state index in [0.717, 1.165) is 16.7 Å². The van der Waals surface area contributed by atoms with Crippen LogP contribution in [-0.4, -0.2) is 26.8 Å². The predicted octanol–water partition coefficient (Wildman–Crippen LogP) is 1.64. The molecule has 0 aliphatic rings. The fraction of sp³-hybridized carbons (Fsp3) is 0.263. The van der Waals surface area contributed by atoms with E-state index in [2.05, 4.69) is 10.6 Å². The first-order valence-electron chi connectivity index (χ1n) is 8.41. The number of nitrogens with one attached hydrogen (secondary N) is 2. The van der Waals surface area contributed by atoms with Crippen LogP contribution >= 0.6 is 0 Å². The SMILES string of the molecule is Cc1ccc(NC(=O)CC(=O)NCCc2ccc(S(N)(=O)=O)cc2)c(C)c1. The maximum atomic E-state index is 12.0. The summed E-state index contributed by atoms with van der Waals surface area (Å²) < 4.78 is 22.4. The highest BCUT2D eigenvalue weighted by atomic mass is 32.2. The Hall–Kier alpha value is -2.71. The number of primary sulfonamides is 1. The molecule has 8 heteroatoms. The minimum Gasteiger partial charge on any atom is -0.355 e. The van der Waals surface area contributed by atoms with E-state index >= 15 is 0 Å². The molecule has 27 heavy (non-hydrogen) atoms. The topological polar surface area (TPSA) is 118 Å². The lowest BCUT2D eigenvalue weighted by Gasteiger charge is -2.09. The first-order valence-corrected chi connectivity index (χ1v) is 9.95. The number of aryl methyl sites for hydroxylation is 2. The van der Waals surface area contributed by atoms with Crippen LogP contribution in [0.1, 0.15) is 23.1 Å². The van der Waals surface area contributed by atoms with Crippen molar-refractivity contribution in [2.75, 3.05) is 11.9 Å². The summed E-state index contributed by atoms with van der Waals surface area (Å²) in [6.07, 6.45) is 0.243. The molecule has 0 saturated heterocycles. The second-order valence-electron chi connectivity index (χ2n) is 6.33. The van der Waals surface area contributed by atoms with E-state index in [9.17, 15) is 18.0 Å². The Morgan fingerprint density at radius 2 is 1.67 bits per heavy atom. The Kier molecular flexibility index (Phi) is 6.70. The van der Waals surface area contributed by atoms with Crippen LogP contribution in [0.15, 0.2) is 47.4 Å². The maximum absolute atomic E-state index is 12.0. The van der Waals surface area contributed by atoms with Gasteiger partial charge < -0.3 is 10.6 Å². The number of carbonyl (C=O) groups excluding carboxylic acids is 2. The average molecular weight is 389 g/mol. The fourth-order valence-electron chi connectivity index (χ4n) is 2.55. The predicted molar refractivity (Wildman–Crippen MR) is 104 cm³/mol. The Balaban J connectivity index is 1.78. The smallest absolute Gasteiger partial charge is 0.238 e. The molecule has 0 unspecified atom stereocenters. The zero-order chi connectivity index (χ0) is 20.0. The van der Waals surface area contributed by atoms with E-state index in [1.165, 1.54) is 12.1 Å². The highest BCUT2D eigenvalue weighted by Gasteiger charge is 2.11. The fourth-order valence-corrected chi connectivity index (χ4v) is 3.06. The van der Waals surface area contributed by atoms with Gasteiger partial charge in [0.15, 0.2) is 0 Å². The molecule has 0 radical (unpaired) electrons. The van der Waals surface area contributed by atoms with Gasteiger partial charge in [0.25, 0.3) is 0 Å². The Bertz CT molecular complexity index is 938. The van der Waals surface area contributed by atoms with Gasteiger partial charge in [-0.2, -0.15) is 0 Å². The van der Waals surface area contributed by atoms with Crippen LogP contribution in [-0.2, 0) is 26.0 Å². The number of anilines is 1. The molecule has 0 saturated carbocycles. The molecule has 0 bridgehead atoms. The number of rotatable bonds is 7. The Morgan fingerprint density at radius 1 is 1.00 bits per heavy atom. The van der Waals surface area contributed by atoms with Gasteiger partial charge in [-0.3, -0.25) is 9.59 Å². The van der Waals surface area contributed by atoms with Crippen molar-refractivity contribution in [1.29, 1.82) is 0 Å². The molecular formula is C19H23N3O4S. The van der Waals surface area contributed by atoms with E-state index in [1.807, 2.05) is 32.0 Å². The van der Waals surface area contributed by atoms with Crippen LogP contribution in [0.25, 0.3) is 0 Å². The average Bonchev–Trinajstić information content (AvgIpc) is 2.57.